The molecule has 25 heavy (non-hydrogen) atoms. The van der Waals surface area contributed by atoms with Gasteiger partial charge in [0.15, 0.2) is 0 Å². The van der Waals surface area contributed by atoms with Crippen LogP contribution in [0.15, 0.2) is 24.3 Å². The molecule has 1 aliphatic heterocycles. The summed E-state index contributed by atoms with van der Waals surface area (Å²) in [6.45, 7) is 1.79. The number of nitrogens with two attached hydrogens (primary N) is 1. The Bertz CT molecular complexity index is 549. The van der Waals surface area contributed by atoms with Crippen molar-refractivity contribution in [1.29, 1.82) is 0 Å². The standard InChI is InChI=1S/C20H30ClN3O/c21-16-6-4-15(5-7-16)14-19(20(25)24-12-2-1-3-13-24)23-18-10-8-17(22)9-11-18/h4-7,17-19,23H,1-3,8-14,22H2/t17?,18?,19-/m1/s1. The molecule has 3 N–H and O–H groups in total. The van der Waals surface area contributed by atoms with E-state index in [1.807, 2.05) is 29.2 Å². The van der Waals surface area contributed by atoms with Crippen molar-refractivity contribution in [2.75, 3.05) is 13.1 Å². The second-order valence-electron chi connectivity index (χ2n) is 7.55. The number of rotatable bonds is 5. The van der Waals surface area contributed by atoms with E-state index >= 15 is 0 Å². The SMILES string of the molecule is NC1CCC(N[C@H](Cc2ccc(Cl)cc2)C(=O)N2CCCCC2)CC1. The van der Waals surface area contributed by atoms with E-state index in [-0.39, 0.29) is 11.9 Å². The van der Waals surface area contributed by atoms with Crippen LogP contribution in [-0.2, 0) is 11.2 Å². The van der Waals surface area contributed by atoms with Crippen LogP contribution in [0.1, 0.15) is 50.5 Å². The molecule has 0 unspecified atom stereocenters. The number of likely N-dealkylation sites (tertiary alicyclic amines) is 1. The van der Waals surface area contributed by atoms with Crippen molar-refractivity contribution in [3.8, 4) is 0 Å². The summed E-state index contributed by atoms with van der Waals surface area (Å²) in [5, 5.41) is 4.39. The fraction of sp³-hybridized carbons (Fsp3) is 0.650. The molecule has 1 saturated heterocycles. The molecule has 4 nitrogen and oxygen atoms in total. The van der Waals surface area contributed by atoms with Gasteiger partial charge in [-0.15, -0.1) is 0 Å². The highest BCUT2D eigenvalue weighted by molar-refractivity contribution is 6.30. The van der Waals surface area contributed by atoms with Crippen LogP contribution in [0.4, 0.5) is 0 Å². The number of benzene rings is 1. The molecule has 1 aromatic rings. The van der Waals surface area contributed by atoms with Gasteiger partial charge in [0.1, 0.15) is 0 Å². The van der Waals surface area contributed by atoms with Gasteiger partial charge in [-0.05, 0) is 69.1 Å². The number of carbonyl (C=O) groups excluding carboxylic acids is 1. The molecule has 3 rings (SSSR count). The van der Waals surface area contributed by atoms with Crippen molar-refractivity contribution in [3.63, 3.8) is 0 Å². The van der Waals surface area contributed by atoms with Crippen molar-refractivity contribution in [1.82, 2.24) is 10.2 Å². The molecule has 138 valence electrons. The van der Waals surface area contributed by atoms with Gasteiger partial charge in [0, 0.05) is 30.2 Å². The maximum Gasteiger partial charge on any atom is 0.240 e. The first-order chi connectivity index (χ1) is 12.1. The van der Waals surface area contributed by atoms with Gasteiger partial charge >= 0.3 is 0 Å². The molecule has 1 saturated carbocycles. The van der Waals surface area contributed by atoms with Crippen LogP contribution in [-0.4, -0.2) is 42.0 Å². The van der Waals surface area contributed by atoms with E-state index in [2.05, 4.69) is 5.32 Å². The summed E-state index contributed by atoms with van der Waals surface area (Å²) in [6, 6.07) is 8.42. The lowest BCUT2D eigenvalue weighted by molar-refractivity contribution is -0.134. The predicted octanol–water partition coefficient (Wildman–Crippen LogP) is 3.12. The Morgan fingerprint density at radius 1 is 1.12 bits per heavy atom. The first-order valence-corrected chi connectivity index (χ1v) is 10.0. The molecule has 0 radical (unpaired) electrons. The van der Waals surface area contributed by atoms with E-state index in [0.29, 0.717) is 12.1 Å². The van der Waals surface area contributed by atoms with Gasteiger partial charge in [0.2, 0.25) is 5.91 Å². The molecule has 1 aromatic carbocycles. The second kappa shape index (κ2) is 9.02. The third kappa shape index (κ3) is 5.44. The van der Waals surface area contributed by atoms with Crippen LogP contribution in [0, 0.1) is 0 Å². The second-order valence-corrected chi connectivity index (χ2v) is 7.98. The van der Waals surface area contributed by atoms with E-state index in [1.54, 1.807) is 0 Å². The predicted molar refractivity (Wildman–Crippen MR) is 103 cm³/mol. The summed E-state index contributed by atoms with van der Waals surface area (Å²) >= 11 is 6.00. The van der Waals surface area contributed by atoms with Crippen molar-refractivity contribution in [2.24, 2.45) is 5.73 Å². The van der Waals surface area contributed by atoms with Crippen molar-refractivity contribution < 1.29 is 4.79 Å². The van der Waals surface area contributed by atoms with Gasteiger partial charge < -0.3 is 16.0 Å². The van der Waals surface area contributed by atoms with Crippen LogP contribution in [0.25, 0.3) is 0 Å². The lowest BCUT2D eigenvalue weighted by Gasteiger charge is -2.34. The molecule has 1 atom stereocenters. The van der Waals surface area contributed by atoms with E-state index in [4.69, 9.17) is 17.3 Å². The maximum absolute atomic E-state index is 13.1. The third-order valence-corrected chi connectivity index (χ3v) is 5.78. The zero-order valence-electron chi connectivity index (χ0n) is 14.9. The number of carbonyl (C=O) groups is 1. The molecule has 0 aromatic heterocycles. The topological polar surface area (TPSA) is 58.4 Å². The lowest BCUT2D eigenvalue weighted by atomic mass is 9.90. The van der Waals surface area contributed by atoms with Crippen LogP contribution >= 0.6 is 11.6 Å². The van der Waals surface area contributed by atoms with Gasteiger partial charge in [-0.1, -0.05) is 23.7 Å². The number of nitrogens with one attached hydrogen (secondary N) is 1. The largest absolute Gasteiger partial charge is 0.341 e. The Labute approximate surface area is 156 Å². The minimum Gasteiger partial charge on any atom is -0.341 e. The summed E-state index contributed by atoms with van der Waals surface area (Å²) < 4.78 is 0. The zero-order valence-corrected chi connectivity index (χ0v) is 15.7. The first-order valence-electron chi connectivity index (χ1n) is 9.66. The zero-order chi connectivity index (χ0) is 17.6. The average molecular weight is 364 g/mol. The van der Waals surface area contributed by atoms with Gasteiger partial charge in [-0.25, -0.2) is 0 Å². The Hall–Kier alpha value is -1.10. The van der Waals surface area contributed by atoms with E-state index in [9.17, 15) is 4.79 Å². The Kier molecular flexibility index (Phi) is 6.74. The minimum absolute atomic E-state index is 0.154. The Balaban J connectivity index is 1.67. The minimum atomic E-state index is -0.154. The van der Waals surface area contributed by atoms with Crippen LogP contribution in [0.5, 0.6) is 0 Å². The van der Waals surface area contributed by atoms with Gasteiger partial charge in [-0.2, -0.15) is 0 Å². The normalized spacial score (nSPS) is 25.6. The van der Waals surface area contributed by atoms with Gasteiger partial charge in [0.25, 0.3) is 0 Å². The Morgan fingerprint density at radius 2 is 1.76 bits per heavy atom. The van der Waals surface area contributed by atoms with Crippen molar-refractivity contribution in [3.05, 3.63) is 34.9 Å². The van der Waals surface area contributed by atoms with Crippen molar-refractivity contribution >= 4 is 17.5 Å². The number of piperidine rings is 1. The number of nitrogens with zero attached hydrogens (tertiary/aromatic N) is 1. The molecule has 1 heterocycles. The van der Waals surface area contributed by atoms with Crippen LogP contribution < -0.4 is 11.1 Å². The summed E-state index contributed by atoms with van der Waals surface area (Å²) in [5.41, 5.74) is 7.18. The highest BCUT2D eigenvalue weighted by Gasteiger charge is 2.29. The number of halogens is 1. The summed E-state index contributed by atoms with van der Waals surface area (Å²) in [7, 11) is 0. The fourth-order valence-corrected chi connectivity index (χ4v) is 4.10. The van der Waals surface area contributed by atoms with Gasteiger partial charge in [-0.3, -0.25) is 4.79 Å². The van der Waals surface area contributed by atoms with Gasteiger partial charge in [0.05, 0.1) is 6.04 Å². The van der Waals surface area contributed by atoms with Crippen LogP contribution in [0.2, 0.25) is 5.02 Å². The molecule has 2 fully saturated rings. The molecule has 5 heteroatoms. The Morgan fingerprint density at radius 3 is 2.40 bits per heavy atom. The smallest absolute Gasteiger partial charge is 0.240 e. The lowest BCUT2D eigenvalue weighted by Crippen LogP contribution is -2.53. The van der Waals surface area contributed by atoms with Crippen molar-refractivity contribution in [2.45, 2.75) is 69.5 Å². The molecule has 2 aliphatic rings. The number of hydrogen-bond acceptors (Lipinski definition) is 3. The molecule has 0 bridgehead atoms. The molecule has 1 amide bonds. The quantitative estimate of drug-likeness (QED) is 0.845. The monoisotopic (exact) mass is 363 g/mol. The molecule has 1 aliphatic carbocycles. The molecular weight excluding hydrogens is 334 g/mol. The van der Waals surface area contributed by atoms with E-state index in [0.717, 1.165) is 68.6 Å². The molecule has 0 spiro atoms. The highest BCUT2D eigenvalue weighted by Crippen LogP contribution is 2.20. The number of hydrogen-bond donors (Lipinski definition) is 2. The van der Waals surface area contributed by atoms with E-state index in [1.165, 1.54) is 6.42 Å². The first kappa shape index (κ1) is 18.7. The fourth-order valence-electron chi connectivity index (χ4n) is 3.98. The van der Waals surface area contributed by atoms with E-state index < -0.39 is 0 Å². The van der Waals surface area contributed by atoms with Crippen LogP contribution in [0.3, 0.4) is 0 Å². The summed E-state index contributed by atoms with van der Waals surface area (Å²) in [4.78, 5) is 15.2. The average Bonchev–Trinajstić information content (AvgIpc) is 2.65. The third-order valence-electron chi connectivity index (χ3n) is 5.53. The number of amides is 1. The molecular formula is C20H30ClN3O. The summed E-state index contributed by atoms with van der Waals surface area (Å²) in [6.07, 6.45) is 8.41. The maximum atomic E-state index is 13.1. The highest BCUT2D eigenvalue weighted by atomic mass is 35.5. The summed E-state index contributed by atoms with van der Waals surface area (Å²) in [5.74, 6) is 0.254.